The van der Waals surface area contributed by atoms with Crippen LogP contribution in [-0.2, 0) is 11.2 Å². The van der Waals surface area contributed by atoms with Gasteiger partial charge in [-0.05, 0) is 12.0 Å². The zero-order valence-electron chi connectivity index (χ0n) is 13.8. The number of anilines is 1. The number of carbonyl (C=O) groups excluding carboxylic acids is 1. The lowest BCUT2D eigenvalue weighted by Gasteiger charge is -2.40. The Hall–Kier alpha value is -2.55. The zero-order valence-corrected chi connectivity index (χ0v) is 14.5. The van der Waals surface area contributed by atoms with Crippen molar-refractivity contribution in [2.45, 2.75) is 31.8 Å². The lowest BCUT2D eigenvalue weighted by molar-refractivity contribution is -0.0422. The number of pyridine rings is 1. The molecule has 1 aliphatic rings. The van der Waals surface area contributed by atoms with Gasteiger partial charge in [0.2, 0.25) is 0 Å². The molecular formula is C16H18ClN5O3. The Balaban J connectivity index is 2.36. The molecule has 0 aromatic carbocycles. The summed E-state index contributed by atoms with van der Waals surface area (Å²) in [6.07, 6.45) is 0.198. The lowest BCUT2D eigenvalue weighted by atomic mass is 9.91. The molecule has 1 aliphatic heterocycles. The van der Waals surface area contributed by atoms with E-state index in [1.54, 1.807) is 0 Å². The first-order chi connectivity index (χ1) is 11.9. The van der Waals surface area contributed by atoms with Crippen LogP contribution in [-0.4, -0.2) is 41.5 Å². The van der Waals surface area contributed by atoms with E-state index in [0.29, 0.717) is 49.3 Å². The van der Waals surface area contributed by atoms with Crippen LogP contribution in [0.2, 0.25) is 5.15 Å². The summed E-state index contributed by atoms with van der Waals surface area (Å²) in [5, 5.41) is 28.4. The standard InChI is InChI=1S/C16H18ClN5O3/c1-2-10-11(7-18)13(17)21-14(12(10)8-19)22-5-3-16(9-23,4-6-22)25-15(20)24/h23H,2-6,9H2,1H3,(H2,20,24). The molecule has 1 fully saturated rings. The molecule has 0 saturated carbocycles. The quantitative estimate of drug-likeness (QED) is 0.772. The van der Waals surface area contributed by atoms with Crippen molar-refractivity contribution in [2.75, 3.05) is 24.6 Å². The van der Waals surface area contributed by atoms with Gasteiger partial charge in [-0.2, -0.15) is 10.5 Å². The van der Waals surface area contributed by atoms with Gasteiger partial charge in [0, 0.05) is 25.9 Å². The van der Waals surface area contributed by atoms with E-state index in [2.05, 4.69) is 11.1 Å². The van der Waals surface area contributed by atoms with Crippen molar-refractivity contribution >= 4 is 23.5 Å². The first kappa shape index (κ1) is 18.8. The average Bonchev–Trinajstić information content (AvgIpc) is 2.60. The van der Waals surface area contributed by atoms with Gasteiger partial charge in [-0.1, -0.05) is 18.5 Å². The molecule has 8 nitrogen and oxygen atoms in total. The van der Waals surface area contributed by atoms with E-state index >= 15 is 0 Å². The fraction of sp³-hybridized carbons (Fsp3) is 0.500. The van der Waals surface area contributed by atoms with E-state index in [9.17, 15) is 20.4 Å². The smallest absolute Gasteiger partial charge is 0.405 e. The van der Waals surface area contributed by atoms with Crippen molar-refractivity contribution < 1.29 is 14.6 Å². The number of hydrogen-bond acceptors (Lipinski definition) is 7. The molecule has 0 spiro atoms. The predicted molar refractivity (Wildman–Crippen MR) is 90.0 cm³/mol. The van der Waals surface area contributed by atoms with Crippen molar-refractivity contribution in [3.8, 4) is 12.1 Å². The second-order valence-corrected chi connectivity index (χ2v) is 6.14. The van der Waals surface area contributed by atoms with Crippen LogP contribution in [0.1, 0.15) is 36.5 Å². The monoisotopic (exact) mass is 363 g/mol. The largest absolute Gasteiger partial charge is 0.440 e. The molecular weight excluding hydrogens is 346 g/mol. The van der Waals surface area contributed by atoms with Gasteiger partial charge >= 0.3 is 6.09 Å². The predicted octanol–water partition coefficient (Wildman–Crippen LogP) is 1.47. The summed E-state index contributed by atoms with van der Waals surface area (Å²) >= 11 is 6.12. The molecule has 0 aliphatic carbocycles. The Labute approximate surface area is 150 Å². The molecule has 3 N–H and O–H groups in total. The van der Waals surface area contributed by atoms with Gasteiger partial charge in [0.25, 0.3) is 0 Å². The first-order valence-corrected chi connectivity index (χ1v) is 8.16. The van der Waals surface area contributed by atoms with Crippen LogP contribution in [0.3, 0.4) is 0 Å². The summed E-state index contributed by atoms with van der Waals surface area (Å²) in [5.74, 6) is 0.397. The fourth-order valence-corrected chi connectivity index (χ4v) is 3.27. The Morgan fingerprint density at radius 2 is 2.00 bits per heavy atom. The Morgan fingerprint density at radius 1 is 1.40 bits per heavy atom. The number of amides is 1. The van der Waals surface area contributed by atoms with Crippen molar-refractivity contribution in [1.82, 2.24) is 4.98 Å². The number of halogens is 1. The maximum Gasteiger partial charge on any atom is 0.405 e. The number of carbonyl (C=O) groups is 1. The van der Waals surface area contributed by atoms with Crippen molar-refractivity contribution in [3.63, 3.8) is 0 Å². The van der Waals surface area contributed by atoms with Crippen LogP contribution in [0.4, 0.5) is 10.6 Å². The third-order valence-electron chi connectivity index (χ3n) is 4.39. The maximum atomic E-state index is 11.1. The SMILES string of the molecule is CCc1c(C#N)c(Cl)nc(N2CCC(CO)(OC(N)=O)CC2)c1C#N. The summed E-state index contributed by atoms with van der Waals surface area (Å²) in [6, 6.07) is 4.11. The highest BCUT2D eigenvalue weighted by molar-refractivity contribution is 6.30. The van der Waals surface area contributed by atoms with E-state index in [1.807, 2.05) is 17.9 Å². The maximum absolute atomic E-state index is 11.1. The third kappa shape index (κ3) is 3.60. The fourth-order valence-electron chi connectivity index (χ4n) is 3.03. The number of aliphatic hydroxyl groups excluding tert-OH is 1. The van der Waals surface area contributed by atoms with E-state index in [-0.39, 0.29) is 17.3 Å². The number of primary amides is 1. The van der Waals surface area contributed by atoms with Crippen LogP contribution in [0.15, 0.2) is 0 Å². The average molecular weight is 364 g/mol. The highest BCUT2D eigenvalue weighted by atomic mass is 35.5. The minimum Gasteiger partial charge on any atom is -0.440 e. The van der Waals surface area contributed by atoms with Gasteiger partial charge in [0.05, 0.1) is 17.7 Å². The van der Waals surface area contributed by atoms with Crippen LogP contribution in [0.25, 0.3) is 0 Å². The van der Waals surface area contributed by atoms with Crippen molar-refractivity contribution in [1.29, 1.82) is 10.5 Å². The normalized spacial score (nSPS) is 16.0. The summed E-state index contributed by atoms with van der Waals surface area (Å²) in [4.78, 5) is 17.1. The van der Waals surface area contributed by atoms with Gasteiger partial charge in [-0.25, -0.2) is 9.78 Å². The molecule has 25 heavy (non-hydrogen) atoms. The number of aliphatic hydroxyl groups is 1. The van der Waals surface area contributed by atoms with Crippen LogP contribution >= 0.6 is 11.6 Å². The Morgan fingerprint density at radius 3 is 2.44 bits per heavy atom. The van der Waals surface area contributed by atoms with Crippen LogP contribution in [0.5, 0.6) is 0 Å². The molecule has 0 unspecified atom stereocenters. The highest BCUT2D eigenvalue weighted by Crippen LogP contribution is 2.33. The molecule has 132 valence electrons. The Bertz CT molecular complexity index is 761. The molecule has 1 amide bonds. The minimum absolute atomic E-state index is 0.0562. The molecule has 1 aromatic heterocycles. The number of nitrogens with zero attached hydrogens (tertiary/aromatic N) is 4. The summed E-state index contributed by atoms with van der Waals surface area (Å²) in [5.41, 5.74) is 5.14. The second-order valence-electron chi connectivity index (χ2n) is 5.78. The number of rotatable bonds is 4. The molecule has 1 saturated heterocycles. The number of nitriles is 2. The summed E-state index contributed by atoms with van der Waals surface area (Å²) < 4.78 is 5.08. The first-order valence-electron chi connectivity index (χ1n) is 7.78. The van der Waals surface area contributed by atoms with Crippen molar-refractivity contribution in [3.05, 3.63) is 21.8 Å². The second kappa shape index (κ2) is 7.56. The van der Waals surface area contributed by atoms with Gasteiger partial charge in [0.1, 0.15) is 28.7 Å². The molecule has 2 heterocycles. The zero-order chi connectivity index (χ0) is 18.6. The Kier molecular flexibility index (Phi) is 5.68. The highest BCUT2D eigenvalue weighted by Gasteiger charge is 2.38. The molecule has 1 aromatic rings. The number of piperidine rings is 1. The molecule has 9 heteroatoms. The molecule has 0 radical (unpaired) electrons. The van der Waals surface area contributed by atoms with Gasteiger partial charge < -0.3 is 20.5 Å². The number of aromatic nitrogens is 1. The van der Waals surface area contributed by atoms with E-state index in [0.717, 1.165) is 0 Å². The van der Waals surface area contributed by atoms with Crippen molar-refractivity contribution in [2.24, 2.45) is 5.73 Å². The number of nitrogens with two attached hydrogens (primary N) is 1. The van der Waals surface area contributed by atoms with Gasteiger partial charge in [-0.3, -0.25) is 0 Å². The van der Waals surface area contributed by atoms with Crippen LogP contribution in [0, 0.1) is 22.7 Å². The van der Waals surface area contributed by atoms with Crippen LogP contribution < -0.4 is 10.6 Å². The summed E-state index contributed by atoms with van der Waals surface area (Å²) in [6.45, 7) is 2.28. The summed E-state index contributed by atoms with van der Waals surface area (Å²) in [7, 11) is 0. The van der Waals surface area contributed by atoms with E-state index in [4.69, 9.17) is 22.1 Å². The minimum atomic E-state index is -1.03. The number of ether oxygens (including phenoxy) is 1. The molecule has 0 atom stereocenters. The lowest BCUT2D eigenvalue weighted by Crippen LogP contribution is -2.50. The molecule has 2 rings (SSSR count). The van der Waals surface area contributed by atoms with E-state index in [1.165, 1.54) is 0 Å². The number of hydrogen-bond donors (Lipinski definition) is 2. The van der Waals surface area contributed by atoms with Gasteiger partial charge in [0.15, 0.2) is 0 Å². The topological polar surface area (TPSA) is 136 Å². The third-order valence-corrected chi connectivity index (χ3v) is 4.67. The molecule has 0 bridgehead atoms. The van der Waals surface area contributed by atoms with Gasteiger partial charge in [-0.15, -0.1) is 0 Å². The van der Waals surface area contributed by atoms with E-state index < -0.39 is 11.7 Å².